The van der Waals surface area contributed by atoms with Crippen LogP contribution in [-0.2, 0) is 0 Å². The molecular formula is C16H18N4O. The highest BCUT2D eigenvalue weighted by Crippen LogP contribution is 2.22. The zero-order chi connectivity index (χ0) is 15.1. The number of carbonyl (C=O) groups excluding carboxylic acids is 1. The summed E-state index contributed by atoms with van der Waals surface area (Å²) in [5, 5.41) is 3.30. The largest absolute Gasteiger partial charge is 0.364 e. The van der Waals surface area contributed by atoms with E-state index in [-0.39, 0.29) is 11.7 Å². The molecule has 0 saturated carbocycles. The summed E-state index contributed by atoms with van der Waals surface area (Å²) in [6, 6.07) is 10.1. The molecule has 0 aliphatic carbocycles. The second kappa shape index (κ2) is 7.19. The van der Waals surface area contributed by atoms with Crippen molar-refractivity contribution in [2.45, 2.75) is 18.9 Å². The molecule has 0 aliphatic rings. The molecule has 1 amide bonds. The Bertz CT molecular complexity index is 613. The number of allylic oxidation sites excluding steroid dienone is 1. The minimum Gasteiger partial charge on any atom is -0.364 e. The Balaban J connectivity index is 2.20. The highest BCUT2D eigenvalue weighted by molar-refractivity contribution is 5.90. The summed E-state index contributed by atoms with van der Waals surface area (Å²) in [6.45, 7) is 3.75. The molecule has 1 atom stereocenters. The summed E-state index contributed by atoms with van der Waals surface area (Å²) >= 11 is 0. The summed E-state index contributed by atoms with van der Waals surface area (Å²) in [6.07, 6.45) is 6.56. The molecule has 0 bridgehead atoms. The van der Waals surface area contributed by atoms with Gasteiger partial charge in [-0.25, -0.2) is 4.98 Å². The molecule has 1 aromatic carbocycles. The van der Waals surface area contributed by atoms with E-state index < -0.39 is 5.91 Å². The number of anilines is 1. The van der Waals surface area contributed by atoms with Crippen LogP contribution < -0.4 is 11.1 Å². The monoisotopic (exact) mass is 282 g/mol. The molecule has 2 rings (SSSR count). The third kappa shape index (κ3) is 4.14. The van der Waals surface area contributed by atoms with Gasteiger partial charge in [0.1, 0.15) is 11.5 Å². The van der Waals surface area contributed by atoms with Crippen LogP contribution >= 0.6 is 0 Å². The van der Waals surface area contributed by atoms with E-state index in [2.05, 4.69) is 21.9 Å². The number of amides is 1. The first-order valence-corrected chi connectivity index (χ1v) is 6.75. The number of primary amides is 1. The number of nitrogens with zero attached hydrogens (tertiary/aromatic N) is 2. The van der Waals surface area contributed by atoms with Gasteiger partial charge in [0.05, 0.1) is 18.4 Å². The molecule has 1 heterocycles. The van der Waals surface area contributed by atoms with Crippen LogP contribution in [0.1, 0.15) is 34.9 Å². The highest BCUT2D eigenvalue weighted by Gasteiger charge is 2.12. The molecule has 1 aromatic heterocycles. The summed E-state index contributed by atoms with van der Waals surface area (Å²) < 4.78 is 0. The number of aromatic nitrogens is 2. The first kappa shape index (κ1) is 14.7. The Labute approximate surface area is 123 Å². The predicted octanol–water partition coefficient (Wildman–Crippen LogP) is 2.69. The fraction of sp³-hybridized carbons (Fsp3) is 0.188. The van der Waals surface area contributed by atoms with Crippen LogP contribution in [-0.4, -0.2) is 15.9 Å². The van der Waals surface area contributed by atoms with Gasteiger partial charge < -0.3 is 11.1 Å². The number of benzene rings is 1. The van der Waals surface area contributed by atoms with Crippen molar-refractivity contribution in [1.29, 1.82) is 0 Å². The maximum atomic E-state index is 11.2. The zero-order valence-corrected chi connectivity index (χ0v) is 11.7. The van der Waals surface area contributed by atoms with E-state index in [0.29, 0.717) is 5.82 Å². The van der Waals surface area contributed by atoms with Gasteiger partial charge in [-0.15, -0.1) is 6.58 Å². The van der Waals surface area contributed by atoms with Crippen molar-refractivity contribution in [3.05, 3.63) is 66.6 Å². The Morgan fingerprint density at radius 2 is 2.10 bits per heavy atom. The van der Waals surface area contributed by atoms with Gasteiger partial charge >= 0.3 is 0 Å². The van der Waals surface area contributed by atoms with E-state index in [1.54, 1.807) is 6.20 Å². The van der Waals surface area contributed by atoms with E-state index in [0.717, 1.165) is 18.4 Å². The minimum absolute atomic E-state index is 0.0710. The van der Waals surface area contributed by atoms with Crippen LogP contribution in [0, 0.1) is 0 Å². The molecule has 0 spiro atoms. The Hall–Kier alpha value is -2.69. The van der Waals surface area contributed by atoms with E-state index in [4.69, 9.17) is 5.73 Å². The van der Waals surface area contributed by atoms with Crippen molar-refractivity contribution >= 4 is 11.7 Å². The van der Waals surface area contributed by atoms with Crippen molar-refractivity contribution in [2.24, 2.45) is 5.73 Å². The lowest BCUT2D eigenvalue weighted by atomic mass is 10.0. The molecule has 21 heavy (non-hydrogen) atoms. The van der Waals surface area contributed by atoms with Gasteiger partial charge in [-0.2, -0.15) is 0 Å². The van der Waals surface area contributed by atoms with Gasteiger partial charge in [-0.3, -0.25) is 9.78 Å². The van der Waals surface area contributed by atoms with Gasteiger partial charge in [-0.1, -0.05) is 36.4 Å². The lowest BCUT2D eigenvalue weighted by Gasteiger charge is -2.19. The SMILES string of the molecule is C=CCCC(Nc1cncc(C(N)=O)n1)c1ccccc1. The van der Waals surface area contributed by atoms with Crippen LogP contribution in [0.15, 0.2) is 55.4 Å². The molecule has 5 heteroatoms. The summed E-state index contributed by atoms with van der Waals surface area (Å²) in [7, 11) is 0. The topological polar surface area (TPSA) is 80.9 Å². The normalized spacial score (nSPS) is 11.6. The van der Waals surface area contributed by atoms with Gasteiger partial charge in [-0.05, 0) is 18.4 Å². The molecule has 0 saturated heterocycles. The summed E-state index contributed by atoms with van der Waals surface area (Å²) in [5.41, 5.74) is 6.52. The van der Waals surface area contributed by atoms with Crippen molar-refractivity contribution in [3.8, 4) is 0 Å². The number of nitrogens with two attached hydrogens (primary N) is 1. The second-order valence-corrected chi connectivity index (χ2v) is 4.63. The maximum Gasteiger partial charge on any atom is 0.268 e. The van der Waals surface area contributed by atoms with E-state index >= 15 is 0 Å². The fourth-order valence-corrected chi connectivity index (χ4v) is 2.02. The predicted molar refractivity (Wildman–Crippen MR) is 82.8 cm³/mol. The summed E-state index contributed by atoms with van der Waals surface area (Å²) in [4.78, 5) is 19.3. The fourth-order valence-electron chi connectivity index (χ4n) is 2.02. The van der Waals surface area contributed by atoms with Gasteiger partial charge in [0, 0.05) is 0 Å². The maximum absolute atomic E-state index is 11.2. The molecule has 0 aliphatic heterocycles. The van der Waals surface area contributed by atoms with Crippen molar-refractivity contribution in [3.63, 3.8) is 0 Å². The van der Waals surface area contributed by atoms with E-state index in [1.165, 1.54) is 6.20 Å². The van der Waals surface area contributed by atoms with E-state index in [1.807, 2.05) is 36.4 Å². The average Bonchev–Trinajstić information content (AvgIpc) is 2.52. The van der Waals surface area contributed by atoms with E-state index in [9.17, 15) is 4.79 Å². The van der Waals surface area contributed by atoms with Gasteiger partial charge in [0.25, 0.3) is 5.91 Å². The Morgan fingerprint density at radius 3 is 2.76 bits per heavy atom. The number of rotatable bonds is 7. The van der Waals surface area contributed by atoms with Crippen LogP contribution in [0.2, 0.25) is 0 Å². The first-order valence-electron chi connectivity index (χ1n) is 6.75. The lowest BCUT2D eigenvalue weighted by molar-refractivity contribution is 0.0995. The van der Waals surface area contributed by atoms with Crippen LogP contribution in [0.5, 0.6) is 0 Å². The minimum atomic E-state index is -0.589. The molecule has 0 radical (unpaired) electrons. The third-order valence-corrected chi connectivity index (χ3v) is 3.07. The molecule has 108 valence electrons. The molecule has 2 aromatic rings. The first-order chi connectivity index (χ1) is 10.2. The number of nitrogens with one attached hydrogen (secondary N) is 1. The number of hydrogen-bond acceptors (Lipinski definition) is 4. The number of carbonyl (C=O) groups is 1. The second-order valence-electron chi connectivity index (χ2n) is 4.63. The van der Waals surface area contributed by atoms with Crippen LogP contribution in [0.3, 0.4) is 0 Å². The van der Waals surface area contributed by atoms with Crippen molar-refractivity contribution < 1.29 is 4.79 Å². The van der Waals surface area contributed by atoms with Crippen molar-refractivity contribution in [1.82, 2.24) is 9.97 Å². The average molecular weight is 282 g/mol. The lowest BCUT2D eigenvalue weighted by Crippen LogP contribution is -2.16. The molecular weight excluding hydrogens is 264 g/mol. The summed E-state index contributed by atoms with van der Waals surface area (Å²) in [5.74, 6) is -0.0577. The number of hydrogen-bond donors (Lipinski definition) is 2. The van der Waals surface area contributed by atoms with Crippen molar-refractivity contribution in [2.75, 3.05) is 5.32 Å². The zero-order valence-electron chi connectivity index (χ0n) is 11.7. The van der Waals surface area contributed by atoms with Gasteiger partial charge in [0.15, 0.2) is 0 Å². The smallest absolute Gasteiger partial charge is 0.268 e. The van der Waals surface area contributed by atoms with Crippen LogP contribution in [0.25, 0.3) is 0 Å². The molecule has 3 N–H and O–H groups in total. The van der Waals surface area contributed by atoms with Crippen LogP contribution in [0.4, 0.5) is 5.82 Å². The van der Waals surface area contributed by atoms with Gasteiger partial charge in [0.2, 0.25) is 0 Å². The Kier molecular flexibility index (Phi) is 5.04. The molecule has 0 fully saturated rings. The third-order valence-electron chi connectivity index (χ3n) is 3.07. The molecule has 1 unspecified atom stereocenters. The standard InChI is InChI=1S/C16H18N4O/c1-2-3-9-13(12-7-5-4-6-8-12)19-15-11-18-10-14(20-15)16(17)21/h2,4-8,10-11,13H,1,3,9H2,(H2,17,21)(H,19,20). The quantitative estimate of drug-likeness (QED) is 0.765. The Morgan fingerprint density at radius 1 is 1.33 bits per heavy atom. The molecule has 5 nitrogen and oxygen atoms in total. The highest BCUT2D eigenvalue weighted by atomic mass is 16.1.